The van der Waals surface area contributed by atoms with Crippen LogP contribution in [-0.2, 0) is 25.6 Å². The van der Waals surface area contributed by atoms with Gasteiger partial charge in [0, 0.05) is 36.9 Å². The predicted octanol–water partition coefficient (Wildman–Crippen LogP) is -0.539. The molecule has 1 N–H and O–H groups in total. The summed E-state index contributed by atoms with van der Waals surface area (Å²) in [5, 5.41) is 11.9. The fraction of sp³-hybridized carbons (Fsp3) is 0.560. The summed E-state index contributed by atoms with van der Waals surface area (Å²) in [5.41, 5.74) is 0.936. The van der Waals surface area contributed by atoms with Gasteiger partial charge in [-0.15, -0.1) is 0 Å². The van der Waals surface area contributed by atoms with Gasteiger partial charge >= 0.3 is 29.6 Å². The Balaban J connectivity index is 0.00000722. The van der Waals surface area contributed by atoms with Crippen molar-refractivity contribution in [1.82, 2.24) is 10.2 Å². The van der Waals surface area contributed by atoms with Gasteiger partial charge in [0.1, 0.15) is 12.4 Å². The Labute approximate surface area is 259 Å². The normalized spacial score (nSPS) is 15.4. The number of hydrogen-bond acceptors (Lipinski definition) is 10. The molecule has 1 aromatic carbocycles. The van der Waals surface area contributed by atoms with Crippen LogP contribution in [0.15, 0.2) is 24.3 Å². The van der Waals surface area contributed by atoms with E-state index in [1.54, 1.807) is 11.9 Å². The van der Waals surface area contributed by atoms with E-state index in [1.807, 2.05) is 24.3 Å². The zero-order chi connectivity index (χ0) is 27.2. The third-order valence-corrected chi connectivity index (χ3v) is 8.12. The largest absolute Gasteiger partial charge is 1.00 e. The molecule has 1 saturated heterocycles. The first-order valence-electron chi connectivity index (χ1n) is 12.1. The van der Waals surface area contributed by atoms with Gasteiger partial charge in [-0.25, -0.2) is 0 Å². The molecule has 1 heterocycles. The molecule has 1 aromatic rings. The van der Waals surface area contributed by atoms with Crippen LogP contribution in [0, 0.1) is 0 Å². The number of amides is 3. The Hall–Kier alpha value is -1.18. The number of imide groups is 1. The molecule has 0 aliphatic carbocycles. The maximum Gasteiger partial charge on any atom is 1.00 e. The second-order valence-corrected chi connectivity index (χ2v) is 11.7. The van der Waals surface area contributed by atoms with Crippen molar-refractivity contribution >= 4 is 64.3 Å². The number of thiol groups is 1. The van der Waals surface area contributed by atoms with Crippen LogP contribution >= 0.6 is 36.2 Å². The van der Waals surface area contributed by atoms with E-state index >= 15 is 0 Å². The smallest absolute Gasteiger partial charge is 0.550 e. The van der Waals surface area contributed by atoms with Gasteiger partial charge in [0.2, 0.25) is 11.8 Å². The zero-order valence-electron chi connectivity index (χ0n) is 21.8. The molecule has 13 heteroatoms. The minimum absolute atomic E-state index is 0. The number of thioether (sulfide) groups is 2. The minimum atomic E-state index is -1.22. The molecule has 0 saturated carbocycles. The van der Waals surface area contributed by atoms with Crippen molar-refractivity contribution in [2.45, 2.75) is 61.9 Å². The predicted molar refractivity (Wildman–Crippen MR) is 146 cm³/mol. The van der Waals surface area contributed by atoms with Crippen LogP contribution in [0.4, 0.5) is 4.79 Å². The summed E-state index contributed by atoms with van der Waals surface area (Å²) < 4.78 is 5.73. The van der Waals surface area contributed by atoms with E-state index in [0.29, 0.717) is 37.5 Å². The molecule has 0 radical (unpaired) electrons. The monoisotopic (exact) mass is 592 g/mol. The van der Waals surface area contributed by atoms with Crippen molar-refractivity contribution in [3.63, 3.8) is 0 Å². The molecule has 0 bridgehead atoms. The molecule has 2 unspecified atom stereocenters. The second kappa shape index (κ2) is 19.0. The molecule has 0 spiro atoms. The van der Waals surface area contributed by atoms with Crippen molar-refractivity contribution < 1.29 is 63.4 Å². The molecule has 2 atom stereocenters. The maximum atomic E-state index is 12.4. The van der Waals surface area contributed by atoms with Gasteiger partial charge in [-0.2, -0.15) is 12.6 Å². The molecule has 38 heavy (non-hydrogen) atoms. The number of carbonyl (C=O) groups is 5. The Morgan fingerprint density at radius 1 is 1.13 bits per heavy atom. The fourth-order valence-corrected chi connectivity index (χ4v) is 5.69. The third kappa shape index (κ3) is 14.3. The topological polar surface area (TPSA) is 133 Å². The Kier molecular flexibility index (Phi) is 17.4. The fourth-order valence-electron chi connectivity index (χ4n) is 3.47. The molecule has 1 fully saturated rings. The summed E-state index contributed by atoms with van der Waals surface area (Å²) in [5.74, 6) is -0.159. The van der Waals surface area contributed by atoms with Gasteiger partial charge in [-0.3, -0.25) is 24.5 Å². The Bertz CT molecular complexity index is 949. The number of carbonyl (C=O) groups excluding carboxylic acids is 5. The molecule has 2 rings (SSSR count). The Morgan fingerprint density at radius 2 is 1.84 bits per heavy atom. The number of nitrogens with zero attached hydrogens (tertiary/aromatic N) is 1. The zero-order valence-corrected chi connectivity index (χ0v) is 26.3. The summed E-state index contributed by atoms with van der Waals surface area (Å²) in [7, 11) is 1.75. The summed E-state index contributed by atoms with van der Waals surface area (Å²) >= 11 is 6.67. The van der Waals surface area contributed by atoms with Gasteiger partial charge in [-0.05, 0) is 49.8 Å². The standard InChI is InChI=1S/C25H34N2O7S3.Na/c1-27(21(28)5-3-2-4-19(35)12-15-36-23(31)11-10-22(29)30)13-14-34-18-8-6-17(7-9-18)16-20-24(32)26-25(33)37-20;/h6-9,19-20,35H,2-5,10-16H2,1H3,(H,29,30)(H,26,32,33);/q;+1/p-1. The Morgan fingerprint density at radius 3 is 2.47 bits per heavy atom. The average molecular weight is 593 g/mol. The van der Waals surface area contributed by atoms with Gasteiger partial charge < -0.3 is 19.5 Å². The van der Waals surface area contributed by atoms with E-state index in [0.717, 1.165) is 54.8 Å². The minimum Gasteiger partial charge on any atom is -0.550 e. The van der Waals surface area contributed by atoms with Crippen LogP contribution in [-0.4, -0.2) is 69.5 Å². The van der Waals surface area contributed by atoms with E-state index in [-0.39, 0.29) is 69.8 Å². The van der Waals surface area contributed by atoms with Crippen LogP contribution in [0.25, 0.3) is 0 Å². The van der Waals surface area contributed by atoms with Crippen molar-refractivity contribution in [2.75, 3.05) is 26.0 Å². The number of carboxylic acid groups (broad SMARTS) is 1. The van der Waals surface area contributed by atoms with Crippen LogP contribution in [0.2, 0.25) is 0 Å². The number of likely N-dealkylation sites (N-methyl/N-ethyl adjacent to an activating group) is 1. The third-order valence-electron chi connectivity index (χ3n) is 5.66. The quantitative estimate of drug-likeness (QED) is 0.139. The summed E-state index contributed by atoms with van der Waals surface area (Å²) in [6.45, 7) is 0.815. The van der Waals surface area contributed by atoms with Crippen LogP contribution in [0.3, 0.4) is 0 Å². The maximum absolute atomic E-state index is 12.4. The van der Waals surface area contributed by atoms with Crippen molar-refractivity contribution in [2.24, 2.45) is 0 Å². The van der Waals surface area contributed by atoms with Gasteiger partial charge in [0.15, 0.2) is 5.12 Å². The number of benzene rings is 1. The van der Waals surface area contributed by atoms with E-state index < -0.39 is 11.2 Å². The van der Waals surface area contributed by atoms with E-state index in [1.165, 1.54) is 0 Å². The second-order valence-electron chi connectivity index (χ2n) is 8.68. The van der Waals surface area contributed by atoms with Gasteiger partial charge in [0.05, 0.1) is 11.8 Å². The first-order chi connectivity index (χ1) is 17.6. The van der Waals surface area contributed by atoms with Gasteiger partial charge in [0.25, 0.3) is 5.24 Å². The number of rotatable bonds is 17. The molecular formula is C25H33N2NaO7S3. The molecule has 3 amide bonds. The molecule has 1 aliphatic rings. The molecular weight excluding hydrogens is 559 g/mol. The number of carboxylic acids is 1. The van der Waals surface area contributed by atoms with Crippen LogP contribution < -0.4 is 44.7 Å². The van der Waals surface area contributed by atoms with Crippen LogP contribution in [0.5, 0.6) is 5.75 Å². The first kappa shape index (κ1) is 34.8. The summed E-state index contributed by atoms with van der Waals surface area (Å²) in [6.07, 6.45) is 3.85. The molecule has 9 nitrogen and oxygen atoms in total. The van der Waals surface area contributed by atoms with E-state index in [2.05, 4.69) is 17.9 Å². The first-order valence-corrected chi connectivity index (χ1v) is 14.5. The number of unbranched alkanes of at least 4 members (excludes halogenated alkanes) is 1. The van der Waals surface area contributed by atoms with E-state index in [9.17, 15) is 29.1 Å². The number of hydrogen-bond donors (Lipinski definition) is 2. The molecule has 1 aliphatic heterocycles. The number of nitrogens with one attached hydrogen (secondary N) is 1. The van der Waals surface area contributed by atoms with Crippen molar-refractivity contribution in [3.8, 4) is 5.75 Å². The number of ether oxygens (including phenoxy) is 1. The van der Waals surface area contributed by atoms with Crippen molar-refractivity contribution in [3.05, 3.63) is 29.8 Å². The van der Waals surface area contributed by atoms with Crippen LogP contribution in [0.1, 0.15) is 50.5 Å². The molecule has 204 valence electrons. The number of aliphatic carboxylic acids is 1. The summed E-state index contributed by atoms with van der Waals surface area (Å²) in [6, 6.07) is 7.35. The summed E-state index contributed by atoms with van der Waals surface area (Å²) in [4.78, 5) is 58.9. The molecule has 0 aromatic heterocycles. The average Bonchev–Trinajstić information content (AvgIpc) is 3.17. The van der Waals surface area contributed by atoms with Crippen molar-refractivity contribution in [1.29, 1.82) is 0 Å². The van der Waals surface area contributed by atoms with E-state index in [4.69, 9.17) is 4.74 Å². The SMILES string of the molecule is CN(CCOc1ccc(CC2SC(=O)NC2=O)cc1)C(=O)CCCCC(S)CCSC(=O)CCC(=O)[O-].[Na+]. The van der Waals surface area contributed by atoms with Gasteiger partial charge in [-0.1, -0.05) is 42.1 Å².